The fourth-order valence-electron chi connectivity index (χ4n) is 8.41. The molecule has 174 valence electrons. The Bertz CT molecular complexity index is 879. The first kappa shape index (κ1) is 22.0. The van der Waals surface area contributed by atoms with Gasteiger partial charge in [-0.2, -0.15) is 0 Å². The molecule has 0 aromatic rings. The van der Waals surface area contributed by atoms with Crippen molar-refractivity contribution in [2.24, 2.45) is 16.2 Å². The van der Waals surface area contributed by atoms with Crippen LogP contribution in [0.25, 0.3) is 0 Å². The van der Waals surface area contributed by atoms with E-state index in [1.807, 2.05) is 20.8 Å². The van der Waals surface area contributed by atoms with Crippen LogP contribution in [0.3, 0.4) is 0 Å². The molecule has 6 rings (SSSR count). The Morgan fingerprint density at radius 1 is 1.26 bits per heavy atom. The maximum absolute atomic E-state index is 12.5. The molecule has 0 aromatic carbocycles. The van der Waals surface area contributed by atoms with Crippen molar-refractivity contribution >= 4 is 14.3 Å². The standard InChI is InChI=1S/C23H36O7Si/c1-8-31(9-2,10-3)29-17-21-14(4)11-12-20(21)18(6)13-27-22(26,16(21)25)19(18,7)23(17,30-20)28-15(5)24/h11,16-17,25-26H,8-10,12-13H2,1-7H3/t16?,17?,18-,19-,20?,21+,22+,23+/m1/s1. The molecule has 5 fully saturated rings. The van der Waals surface area contributed by atoms with E-state index in [1.54, 1.807) is 0 Å². The largest absolute Gasteiger partial charge is 0.429 e. The van der Waals surface area contributed by atoms with Crippen LogP contribution in [0, 0.1) is 16.2 Å². The molecule has 3 unspecified atom stereocenters. The molecular formula is C23H36O7Si. The maximum atomic E-state index is 12.5. The Morgan fingerprint density at radius 2 is 1.87 bits per heavy atom. The van der Waals surface area contributed by atoms with Crippen LogP contribution in [0.2, 0.25) is 18.1 Å². The smallest absolute Gasteiger partial charge is 0.305 e. The first-order valence-electron chi connectivity index (χ1n) is 11.7. The van der Waals surface area contributed by atoms with Gasteiger partial charge < -0.3 is 28.8 Å². The van der Waals surface area contributed by atoms with E-state index in [0.717, 1.165) is 23.7 Å². The van der Waals surface area contributed by atoms with Crippen molar-refractivity contribution in [2.45, 2.75) is 102 Å². The Hall–Kier alpha value is -0.773. The molecular weight excluding hydrogens is 416 g/mol. The van der Waals surface area contributed by atoms with Gasteiger partial charge in [0.1, 0.15) is 17.6 Å². The van der Waals surface area contributed by atoms with Crippen LogP contribution in [0.5, 0.6) is 0 Å². The average Bonchev–Trinajstić information content (AvgIpc) is 3.28. The molecule has 2 spiro atoms. The summed E-state index contributed by atoms with van der Waals surface area (Å²) in [4.78, 5) is 12.5. The Morgan fingerprint density at radius 3 is 2.42 bits per heavy atom. The van der Waals surface area contributed by atoms with E-state index in [4.69, 9.17) is 18.6 Å². The van der Waals surface area contributed by atoms with E-state index in [-0.39, 0.29) is 6.61 Å². The van der Waals surface area contributed by atoms with Gasteiger partial charge >= 0.3 is 5.97 Å². The van der Waals surface area contributed by atoms with E-state index in [9.17, 15) is 15.0 Å². The maximum Gasteiger partial charge on any atom is 0.305 e. The second-order valence-electron chi connectivity index (χ2n) is 10.7. The molecule has 3 saturated heterocycles. The van der Waals surface area contributed by atoms with E-state index < -0.39 is 59.9 Å². The molecule has 2 N–H and O–H groups in total. The minimum atomic E-state index is -2.22. The van der Waals surface area contributed by atoms with Gasteiger partial charge in [-0.25, -0.2) is 0 Å². The summed E-state index contributed by atoms with van der Waals surface area (Å²) in [5, 5.41) is 23.8. The summed E-state index contributed by atoms with van der Waals surface area (Å²) in [5.74, 6) is -3.94. The summed E-state index contributed by atoms with van der Waals surface area (Å²) < 4.78 is 26.1. The van der Waals surface area contributed by atoms with Crippen molar-refractivity contribution in [2.75, 3.05) is 6.61 Å². The SMILES string of the molecule is CC[Si](CC)(CC)OC1[C@@]23C(C)=CCC24O[C@]1(OC(C)=O)[C@@]1(C)[C@@](O)(OC[C@@]41C)C3O. The summed E-state index contributed by atoms with van der Waals surface area (Å²) in [7, 11) is -2.22. The molecule has 8 atom stereocenters. The summed E-state index contributed by atoms with van der Waals surface area (Å²) in [6, 6.07) is 2.72. The van der Waals surface area contributed by atoms with E-state index in [2.05, 4.69) is 26.8 Å². The molecule has 31 heavy (non-hydrogen) atoms. The van der Waals surface area contributed by atoms with Gasteiger partial charge in [0.2, 0.25) is 5.79 Å². The molecule has 0 amide bonds. The lowest BCUT2D eigenvalue weighted by atomic mass is 9.35. The van der Waals surface area contributed by atoms with Crippen LogP contribution in [-0.2, 0) is 23.4 Å². The third-order valence-electron chi connectivity index (χ3n) is 10.5. The van der Waals surface area contributed by atoms with Gasteiger partial charge in [-0.3, -0.25) is 4.79 Å². The number of carbonyl (C=O) groups excluding carboxylic acids is 1. The molecule has 3 aliphatic carbocycles. The number of rotatable bonds is 6. The zero-order valence-corrected chi connectivity index (χ0v) is 20.7. The van der Waals surface area contributed by atoms with Crippen molar-refractivity contribution in [1.29, 1.82) is 0 Å². The number of hydrogen-bond acceptors (Lipinski definition) is 7. The predicted molar refractivity (Wildman–Crippen MR) is 114 cm³/mol. The van der Waals surface area contributed by atoms with Crippen LogP contribution in [0.15, 0.2) is 11.6 Å². The molecule has 3 aliphatic heterocycles. The van der Waals surface area contributed by atoms with E-state index in [0.29, 0.717) is 6.42 Å². The molecule has 6 aliphatic rings. The van der Waals surface area contributed by atoms with Crippen molar-refractivity contribution in [3.05, 3.63) is 11.6 Å². The van der Waals surface area contributed by atoms with Gasteiger partial charge in [0, 0.05) is 12.3 Å². The lowest BCUT2D eigenvalue weighted by molar-refractivity contribution is -0.400. The third-order valence-corrected chi connectivity index (χ3v) is 15.1. The minimum Gasteiger partial charge on any atom is -0.429 e. The van der Waals surface area contributed by atoms with Crippen LogP contribution >= 0.6 is 0 Å². The summed E-state index contributed by atoms with van der Waals surface area (Å²) in [5.41, 5.74) is -2.87. The molecule has 7 nitrogen and oxygen atoms in total. The van der Waals surface area contributed by atoms with Gasteiger partial charge in [0.05, 0.1) is 17.6 Å². The Labute approximate surface area is 185 Å². The number of esters is 1. The van der Waals surface area contributed by atoms with Gasteiger partial charge in [-0.05, 0) is 38.4 Å². The van der Waals surface area contributed by atoms with Gasteiger partial charge in [-0.15, -0.1) is 0 Å². The molecule has 2 saturated carbocycles. The fourth-order valence-corrected chi connectivity index (χ4v) is 11.3. The Kier molecular flexibility index (Phi) is 4.14. The minimum absolute atomic E-state index is 0.216. The van der Waals surface area contributed by atoms with Crippen molar-refractivity contribution in [3.63, 3.8) is 0 Å². The van der Waals surface area contributed by atoms with E-state index in [1.165, 1.54) is 6.92 Å². The van der Waals surface area contributed by atoms with Gasteiger partial charge in [0.25, 0.3) is 5.79 Å². The van der Waals surface area contributed by atoms with Crippen LogP contribution in [0.4, 0.5) is 0 Å². The normalized spacial score (nSPS) is 53.8. The highest BCUT2D eigenvalue weighted by Gasteiger charge is 3.04. The van der Waals surface area contributed by atoms with Crippen molar-refractivity contribution in [3.8, 4) is 0 Å². The average molecular weight is 453 g/mol. The monoisotopic (exact) mass is 452 g/mol. The lowest BCUT2D eigenvalue weighted by Gasteiger charge is -2.69. The molecule has 3 heterocycles. The summed E-state index contributed by atoms with van der Waals surface area (Å²) in [6.45, 7) is 13.9. The van der Waals surface area contributed by atoms with Gasteiger partial charge in [-0.1, -0.05) is 39.3 Å². The molecule has 0 radical (unpaired) electrons. The molecule has 6 bridgehead atoms. The number of hydrogen-bond donors (Lipinski definition) is 2. The van der Waals surface area contributed by atoms with E-state index >= 15 is 0 Å². The highest BCUT2D eigenvalue weighted by atomic mass is 28.4. The number of ether oxygens (including phenoxy) is 3. The highest BCUT2D eigenvalue weighted by molar-refractivity contribution is 6.73. The zero-order valence-electron chi connectivity index (χ0n) is 19.7. The number of aliphatic hydroxyl groups excluding tert-OH is 1. The van der Waals surface area contributed by atoms with Crippen molar-refractivity contribution < 1.29 is 33.6 Å². The van der Waals surface area contributed by atoms with Crippen LogP contribution in [0.1, 0.15) is 54.9 Å². The van der Waals surface area contributed by atoms with Crippen LogP contribution < -0.4 is 0 Å². The first-order chi connectivity index (χ1) is 14.4. The Balaban J connectivity index is 1.84. The molecule has 0 aromatic heterocycles. The summed E-state index contributed by atoms with van der Waals surface area (Å²) in [6.07, 6.45) is 0.700. The van der Waals surface area contributed by atoms with Gasteiger partial charge in [0.15, 0.2) is 8.32 Å². The van der Waals surface area contributed by atoms with Crippen LogP contribution in [-0.4, -0.2) is 60.5 Å². The topological polar surface area (TPSA) is 94.5 Å². The highest BCUT2D eigenvalue weighted by Crippen LogP contribution is 2.90. The fraction of sp³-hybridized carbons (Fsp3) is 0.870. The molecule has 8 heteroatoms. The first-order valence-corrected chi connectivity index (χ1v) is 14.2. The summed E-state index contributed by atoms with van der Waals surface area (Å²) >= 11 is 0. The predicted octanol–water partition coefficient (Wildman–Crippen LogP) is 2.86. The quantitative estimate of drug-likeness (QED) is 0.363. The second kappa shape index (κ2) is 5.83. The lowest BCUT2D eigenvalue weighted by Crippen LogP contribution is -2.86. The number of carbonyl (C=O) groups is 1. The zero-order chi connectivity index (χ0) is 22.9. The number of aliphatic hydroxyl groups is 2. The van der Waals surface area contributed by atoms with Crippen molar-refractivity contribution in [1.82, 2.24) is 0 Å². The second-order valence-corrected chi connectivity index (χ2v) is 15.5. The third kappa shape index (κ3) is 1.72.